The van der Waals surface area contributed by atoms with E-state index in [0.717, 1.165) is 0 Å². The number of nitrogen functional groups attached to an aromatic ring is 1. The average Bonchev–Trinajstić information content (AvgIpc) is 2.35. The van der Waals surface area contributed by atoms with Crippen molar-refractivity contribution >= 4 is 11.5 Å². The molecule has 0 saturated carbocycles. The van der Waals surface area contributed by atoms with Crippen molar-refractivity contribution in [3.63, 3.8) is 0 Å². The first-order chi connectivity index (χ1) is 8.15. The lowest BCUT2D eigenvalue weighted by molar-refractivity contribution is 0.103. The number of benzene rings is 1. The molecule has 3 nitrogen and oxygen atoms in total. The molecular formula is C14H15NO2. The predicted octanol–water partition coefficient (Wildman–Crippen LogP) is 2.76. The van der Waals surface area contributed by atoms with Gasteiger partial charge in [-0.2, -0.15) is 0 Å². The van der Waals surface area contributed by atoms with Crippen LogP contribution in [0.25, 0.3) is 0 Å². The van der Waals surface area contributed by atoms with E-state index >= 15 is 0 Å². The number of anilines is 1. The molecule has 0 aliphatic heterocycles. The Morgan fingerprint density at radius 1 is 1.41 bits per heavy atom. The molecule has 0 spiro atoms. The van der Waals surface area contributed by atoms with Crippen molar-refractivity contribution in [2.24, 2.45) is 0 Å². The second kappa shape index (κ2) is 5.70. The van der Waals surface area contributed by atoms with Gasteiger partial charge in [-0.25, -0.2) is 0 Å². The molecule has 0 aromatic heterocycles. The monoisotopic (exact) mass is 229 g/mol. The predicted molar refractivity (Wildman–Crippen MR) is 70.2 cm³/mol. The molecule has 1 aromatic rings. The lowest BCUT2D eigenvalue weighted by Gasteiger charge is -2.09. The molecule has 17 heavy (non-hydrogen) atoms. The van der Waals surface area contributed by atoms with Crippen LogP contribution in [0.4, 0.5) is 5.69 Å². The number of hydrogen-bond acceptors (Lipinski definition) is 3. The highest BCUT2D eigenvalue weighted by Crippen LogP contribution is 2.26. The smallest absolute Gasteiger partial charge is 0.195 e. The number of carbonyl (C=O) groups excluding carboxylic acids is 1. The van der Waals surface area contributed by atoms with Crippen LogP contribution in [-0.4, -0.2) is 12.9 Å². The Bertz CT molecular complexity index is 487. The summed E-state index contributed by atoms with van der Waals surface area (Å²) in [6, 6.07) is 5.08. The molecule has 88 valence electrons. The van der Waals surface area contributed by atoms with Gasteiger partial charge >= 0.3 is 0 Å². The lowest BCUT2D eigenvalue weighted by Crippen LogP contribution is -2.06. The second-order valence-corrected chi connectivity index (χ2v) is 3.31. The molecule has 0 heterocycles. The number of ether oxygens (including phenoxy) is 1. The van der Waals surface area contributed by atoms with Crippen LogP contribution in [-0.2, 0) is 0 Å². The number of rotatable bonds is 5. The largest absolute Gasteiger partial charge is 0.495 e. The van der Waals surface area contributed by atoms with Crippen LogP contribution in [0.15, 0.2) is 55.2 Å². The summed E-state index contributed by atoms with van der Waals surface area (Å²) in [5.41, 5.74) is 7.03. The van der Waals surface area contributed by atoms with Crippen LogP contribution in [0.5, 0.6) is 5.75 Å². The molecular weight excluding hydrogens is 214 g/mol. The maximum absolute atomic E-state index is 12.1. The van der Waals surface area contributed by atoms with Gasteiger partial charge in [-0.15, -0.1) is 0 Å². The van der Waals surface area contributed by atoms with Gasteiger partial charge in [-0.3, -0.25) is 4.79 Å². The van der Waals surface area contributed by atoms with Crippen LogP contribution in [0.1, 0.15) is 10.4 Å². The van der Waals surface area contributed by atoms with E-state index in [4.69, 9.17) is 10.5 Å². The Balaban J connectivity index is 3.25. The number of hydrogen-bond donors (Lipinski definition) is 1. The van der Waals surface area contributed by atoms with Crippen molar-refractivity contribution in [3.8, 4) is 5.75 Å². The summed E-state index contributed by atoms with van der Waals surface area (Å²) in [4.78, 5) is 12.1. The molecule has 0 radical (unpaired) electrons. The third-order valence-electron chi connectivity index (χ3n) is 2.31. The van der Waals surface area contributed by atoms with Crippen LogP contribution < -0.4 is 10.5 Å². The van der Waals surface area contributed by atoms with Gasteiger partial charge in [-0.1, -0.05) is 37.5 Å². The third-order valence-corrected chi connectivity index (χ3v) is 2.31. The van der Waals surface area contributed by atoms with Gasteiger partial charge in [0, 0.05) is 11.1 Å². The zero-order valence-corrected chi connectivity index (χ0v) is 9.77. The fraction of sp³-hybridized carbons (Fsp3) is 0.0714. The molecule has 1 aromatic carbocycles. The highest BCUT2D eigenvalue weighted by atomic mass is 16.5. The highest BCUT2D eigenvalue weighted by molar-refractivity contribution is 6.14. The summed E-state index contributed by atoms with van der Waals surface area (Å²) in [7, 11) is 1.51. The van der Waals surface area contributed by atoms with Gasteiger partial charge < -0.3 is 10.5 Å². The van der Waals surface area contributed by atoms with E-state index in [9.17, 15) is 4.79 Å². The molecule has 0 atom stereocenters. The van der Waals surface area contributed by atoms with E-state index < -0.39 is 0 Å². The van der Waals surface area contributed by atoms with Crippen LogP contribution >= 0.6 is 0 Å². The van der Waals surface area contributed by atoms with E-state index in [2.05, 4.69) is 13.2 Å². The first-order valence-corrected chi connectivity index (χ1v) is 5.08. The van der Waals surface area contributed by atoms with E-state index in [1.807, 2.05) is 0 Å². The molecule has 0 aliphatic carbocycles. The quantitative estimate of drug-likeness (QED) is 0.365. The summed E-state index contributed by atoms with van der Waals surface area (Å²) < 4.78 is 5.07. The molecule has 0 amide bonds. The minimum Gasteiger partial charge on any atom is -0.495 e. The summed E-state index contributed by atoms with van der Waals surface area (Å²) in [6.07, 6.45) is 4.60. The summed E-state index contributed by atoms with van der Waals surface area (Å²) in [6.45, 7) is 7.14. The van der Waals surface area contributed by atoms with Gasteiger partial charge in [0.1, 0.15) is 5.75 Å². The maximum Gasteiger partial charge on any atom is 0.195 e. The summed E-state index contributed by atoms with van der Waals surface area (Å²) in [5, 5.41) is 0. The van der Waals surface area contributed by atoms with E-state index in [1.54, 1.807) is 24.3 Å². The number of methoxy groups -OCH3 is 1. The van der Waals surface area contributed by atoms with Crippen LogP contribution in [0, 0.1) is 0 Å². The van der Waals surface area contributed by atoms with Crippen LogP contribution in [0.2, 0.25) is 0 Å². The molecule has 2 N–H and O–H groups in total. The zero-order valence-electron chi connectivity index (χ0n) is 9.77. The first kappa shape index (κ1) is 12.8. The zero-order chi connectivity index (χ0) is 12.8. The minimum absolute atomic E-state index is 0.198. The molecule has 0 fully saturated rings. The number of Topliss-reactive ketones (excluding diaryl/α,β-unsaturated/α-hetero) is 1. The Morgan fingerprint density at radius 3 is 2.65 bits per heavy atom. The van der Waals surface area contributed by atoms with Crippen molar-refractivity contribution in [2.75, 3.05) is 12.8 Å². The average molecular weight is 229 g/mol. The highest BCUT2D eigenvalue weighted by Gasteiger charge is 2.14. The Kier molecular flexibility index (Phi) is 4.29. The molecule has 0 unspecified atom stereocenters. The fourth-order valence-electron chi connectivity index (χ4n) is 1.44. The number of ketones is 1. The first-order valence-electron chi connectivity index (χ1n) is 5.08. The number of allylic oxidation sites excluding steroid dienone is 4. The van der Waals surface area contributed by atoms with Gasteiger partial charge in [0.25, 0.3) is 0 Å². The normalized spacial score (nSPS) is 10.8. The lowest BCUT2D eigenvalue weighted by atomic mass is 10.0. The molecule has 3 heteroatoms. The van der Waals surface area contributed by atoms with E-state index in [-0.39, 0.29) is 5.78 Å². The van der Waals surface area contributed by atoms with Gasteiger partial charge in [0.15, 0.2) is 5.78 Å². The van der Waals surface area contributed by atoms with Crippen molar-refractivity contribution in [1.82, 2.24) is 0 Å². The number of carbonyl (C=O) groups is 1. The molecule has 0 bridgehead atoms. The SMILES string of the molecule is C=C/C=C(\C=C)C(=O)c1cccc(OC)c1N. The third kappa shape index (κ3) is 2.64. The molecule has 0 saturated heterocycles. The summed E-state index contributed by atoms with van der Waals surface area (Å²) in [5.74, 6) is 0.286. The number of nitrogens with two attached hydrogens (primary N) is 1. The standard InChI is InChI=1S/C14H15NO2/c1-4-7-10(5-2)14(16)11-8-6-9-12(17-3)13(11)15/h4-9H,1-2,15H2,3H3/b10-7+. The van der Waals surface area contributed by atoms with E-state index in [1.165, 1.54) is 19.3 Å². The van der Waals surface area contributed by atoms with Crippen molar-refractivity contribution in [3.05, 3.63) is 60.7 Å². The minimum atomic E-state index is -0.198. The van der Waals surface area contributed by atoms with Crippen molar-refractivity contribution < 1.29 is 9.53 Å². The molecule has 0 aliphatic rings. The van der Waals surface area contributed by atoms with Gasteiger partial charge in [0.05, 0.1) is 12.8 Å². The Hall–Kier alpha value is -2.29. The Morgan fingerprint density at radius 2 is 2.12 bits per heavy atom. The van der Waals surface area contributed by atoms with Gasteiger partial charge in [0.2, 0.25) is 0 Å². The molecule has 1 rings (SSSR count). The Labute approximate surface area is 101 Å². The summed E-state index contributed by atoms with van der Waals surface area (Å²) >= 11 is 0. The van der Waals surface area contributed by atoms with Gasteiger partial charge in [-0.05, 0) is 12.1 Å². The fourth-order valence-corrected chi connectivity index (χ4v) is 1.44. The van der Waals surface area contributed by atoms with Crippen molar-refractivity contribution in [2.45, 2.75) is 0 Å². The topological polar surface area (TPSA) is 52.3 Å². The van der Waals surface area contributed by atoms with Crippen molar-refractivity contribution in [1.29, 1.82) is 0 Å². The number of para-hydroxylation sites is 1. The maximum atomic E-state index is 12.1. The van der Waals surface area contributed by atoms with E-state index in [0.29, 0.717) is 22.6 Å². The van der Waals surface area contributed by atoms with Crippen LogP contribution in [0.3, 0.4) is 0 Å². The second-order valence-electron chi connectivity index (χ2n) is 3.31.